The summed E-state index contributed by atoms with van der Waals surface area (Å²) in [4.78, 5) is 101. The Bertz CT molecular complexity index is 2640. The maximum Gasteiger partial charge on any atom is 0.262 e. The zero-order valence-corrected chi connectivity index (χ0v) is 37.4. The molecule has 0 radical (unpaired) electrons. The SMILES string of the molecule is COc1cc(-c2cn(C)c(=O)c3cc(C(=O)NC4C[C@@H]5CN(C(=O)CCN6CCN(c7ccc8c(c7)C(=O)N(C7CCC(=O)NC7=O)C8=O)CC6)C[C@H]45)sc23)cc(OC)c1CN(C)C. The molecule has 4 fully saturated rings. The van der Waals surface area contributed by atoms with Gasteiger partial charge in [-0.05, 0) is 74.8 Å². The molecule has 0 bridgehead atoms. The number of pyridine rings is 1. The van der Waals surface area contributed by atoms with E-state index in [0.717, 1.165) is 46.8 Å². The van der Waals surface area contributed by atoms with Crippen molar-refractivity contribution in [1.29, 1.82) is 0 Å². The van der Waals surface area contributed by atoms with Gasteiger partial charge in [0, 0.05) is 106 Å². The third kappa shape index (κ3) is 7.80. The first-order chi connectivity index (χ1) is 30.7. The highest BCUT2D eigenvalue weighted by molar-refractivity contribution is 7.21. The number of aromatic nitrogens is 1. The lowest BCUT2D eigenvalue weighted by atomic mass is 9.71. The second-order valence-corrected chi connectivity index (χ2v) is 18.8. The second kappa shape index (κ2) is 17.1. The third-order valence-corrected chi connectivity index (χ3v) is 14.7. The largest absolute Gasteiger partial charge is 0.496 e. The number of imide groups is 2. The number of nitrogens with zero attached hydrogens (tertiary/aromatic N) is 6. The van der Waals surface area contributed by atoms with Gasteiger partial charge in [-0.1, -0.05) is 0 Å². The number of hydrogen-bond acceptors (Lipinski definition) is 13. The molecule has 3 saturated heterocycles. The first-order valence-electron chi connectivity index (χ1n) is 21.7. The third-order valence-electron chi connectivity index (χ3n) is 13.5. The van der Waals surface area contributed by atoms with Crippen LogP contribution in [0.4, 0.5) is 5.69 Å². The molecule has 4 aliphatic heterocycles. The fourth-order valence-electron chi connectivity index (χ4n) is 9.99. The summed E-state index contributed by atoms with van der Waals surface area (Å²) in [6, 6.07) is 9.65. The van der Waals surface area contributed by atoms with Gasteiger partial charge in [-0.15, -0.1) is 11.3 Å². The van der Waals surface area contributed by atoms with Gasteiger partial charge < -0.3 is 34.1 Å². The van der Waals surface area contributed by atoms with Gasteiger partial charge in [0.25, 0.3) is 23.3 Å². The van der Waals surface area contributed by atoms with Crippen molar-refractivity contribution < 1.29 is 38.2 Å². The average Bonchev–Trinajstić information content (AvgIpc) is 3.95. The van der Waals surface area contributed by atoms with E-state index in [1.54, 1.807) is 45.7 Å². The summed E-state index contributed by atoms with van der Waals surface area (Å²) in [5.41, 5.74) is 3.63. The molecule has 2 aromatic carbocycles. The Balaban J connectivity index is 0.779. The number of amides is 6. The number of piperidine rings is 1. The Morgan fingerprint density at radius 2 is 1.62 bits per heavy atom. The van der Waals surface area contributed by atoms with Gasteiger partial charge in [-0.2, -0.15) is 0 Å². The van der Waals surface area contributed by atoms with Gasteiger partial charge in [0.15, 0.2) is 0 Å². The molecule has 1 aliphatic carbocycles. The number of thiophene rings is 1. The van der Waals surface area contributed by atoms with Crippen molar-refractivity contribution in [1.82, 2.24) is 34.8 Å². The molecule has 6 heterocycles. The van der Waals surface area contributed by atoms with Crippen molar-refractivity contribution >= 4 is 62.6 Å². The molecule has 64 heavy (non-hydrogen) atoms. The Hall–Kier alpha value is -6.11. The number of methoxy groups -OCH3 is 2. The lowest BCUT2D eigenvalue weighted by molar-refractivity contribution is -0.136. The highest BCUT2D eigenvalue weighted by Crippen LogP contribution is 2.43. The van der Waals surface area contributed by atoms with E-state index in [4.69, 9.17) is 9.47 Å². The van der Waals surface area contributed by atoms with Crippen LogP contribution < -0.4 is 30.6 Å². The van der Waals surface area contributed by atoms with Crippen LogP contribution in [0.1, 0.15) is 61.6 Å². The Morgan fingerprint density at radius 3 is 2.31 bits per heavy atom. The summed E-state index contributed by atoms with van der Waals surface area (Å²) < 4.78 is 13.8. The molecule has 336 valence electrons. The zero-order valence-electron chi connectivity index (χ0n) is 36.6. The van der Waals surface area contributed by atoms with Crippen LogP contribution in [0, 0.1) is 11.8 Å². The van der Waals surface area contributed by atoms with Crippen LogP contribution in [0.5, 0.6) is 11.5 Å². The summed E-state index contributed by atoms with van der Waals surface area (Å²) in [5.74, 6) is -0.418. The maximum absolute atomic E-state index is 13.8. The van der Waals surface area contributed by atoms with Gasteiger partial charge in [0.1, 0.15) is 17.5 Å². The molecule has 5 aliphatic rings. The number of anilines is 1. The Morgan fingerprint density at radius 1 is 0.906 bits per heavy atom. The molecular formula is C46H52N8O9S. The minimum atomic E-state index is -1.01. The van der Waals surface area contributed by atoms with E-state index in [1.165, 1.54) is 15.9 Å². The molecule has 2 unspecified atom stereocenters. The number of rotatable bonds is 12. The minimum absolute atomic E-state index is 0.0645. The van der Waals surface area contributed by atoms with Crippen LogP contribution >= 0.6 is 11.3 Å². The normalized spacial score (nSPS) is 22.2. The van der Waals surface area contributed by atoms with Gasteiger partial charge in [0.05, 0.1) is 41.2 Å². The average molecular weight is 893 g/mol. The van der Waals surface area contributed by atoms with Crippen LogP contribution in [0.15, 0.2) is 47.4 Å². The molecule has 6 amide bonds. The molecule has 2 N–H and O–H groups in total. The lowest BCUT2D eigenvalue weighted by Crippen LogP contribution is -2.54. The molecule has 4 atom stereocenters. The molecule has 17 nitrogen and oxygen atoms in total. The summed E-state index contributed by atoms with van der Waals surface area (Å²) in [6.45, 7) is 5.27. The summed E-state index contributed by atoms with van der Waals surface area (Å²) in [6.07, 6.45) is 3.13. The number of hydrogen-bond donors (Lipinski definition) is 2. The summed E-state index contributed by atoms with van der Waals surface area (Å²) >= 11 is 1.29. The minimum Gasteiger partial charge on any atom is -0.496 e. The van der Waals surface area contributed by atoms with Crippen molar-refractivity contribution in [2.24, 2.45) is 18.9 Å². The number of piperazine rings is 1. The second-order valence-electron chi connectivity index (χ2n) is 17.7. The van der Waals surface area contributed by atoms with Crippen LogP contribution in [0.25, 0.3) is 21.2 Å². The van der Waals surface area contributed by atoms with Crippen LogP contribution in [-0.2, 0) is 28.0 Å². The van der Waals surface area contributed by atoms with E-state index in [2.05, 4.69) is 20.4 Å². The first-order valence-corrected chi connectivity index (χ1v) is 22.5. The lowest BCUT2D eigenvalue weighted by Gasteiger charge is -2.39. The van der Waals surface area contributed by atoms with E-state index in [-0.39, 0.29) is 53.3 Å². The van der Waals surface area contributed by atoms with E-state index < -0.39 is 29.7 Å². The van der Waals surface area contributed by atoms with E-state index in [9.17, 15) is 33.6 Å². The molecule has 1 saturated carbocycles. The topological polar surface area (TPSA) is 183 Å². The van der Waals surface area contributed by atoms with E-state index in [1.807, 2.05) is 42.1 Å². The van der Waals surface area contributed by atoms with Crippen molar-refractivity contribution in [2.45, 2.75) is 44.3 Å². The standard InChI is InChI=1S/C46H52N8O9S/c1-49(2)22-33-36(62-4)17-25(18-37(33)63-5)32-23-50(3)44(59)30-20-38(64-41(30)32)43(58)47-34-16-26-21-53(24-31(26)34)40(56)10-11-51-12-14-52(15-13-51)27-6-7-28-29(19-27)46(61)54(45(28)60)35-8-9-39(55)48-42(35)57/h6-7,17-20,23,26,31,34-35H,8-16,21-22,24H2,1-5H3,(H,47,58)(H,48,55,57)/t26-,31+,34?,35?/m1/s1. The summed E-state index contributed by atoms with van der Waals surface area (Å²) in [5, 5.41) is 5.91. The zero-order chi connectivity index (χ0) is 45.1. The molecule has 9 rings (SSSR count). The molecule has 4 aromatic rings. The Kier molecular flexibility index (Phi) is 11.5. The van der Waals surface area contributed by atoms with Crippen molar-refractivity contribution in [3.05, 3.63) is 74.5 Å². The molecular weight excluding hydrogens is 841 g/mol. The first kappa shape index (κ1) is 43.2. The van der Waals surface area contributed by atoms with Crippen molar-refractivity contribution in [3.63, 3.8) is 0 Å². The van der Waals surface area contributed by atoms with Crippen LogP contribution in [0.2, 0.25) is 0 Å². The van der Waals surface area contributed by atoms with Crippen molar-refractivity contribution in [3.8, 4) is 22.6 Å². The monoisotopic (exact) mass is 892 g/mol. The van der Waals surface area contributed by atoms with Crippen LogP contribution in [0.3, 0.4) is 0 Å². The fourth-order valence-corrected chi connectivity index (χ4v) is 11.1. The highest BCUT2D eigenvalue weighted by Gasteiger charge is 2.49. The quantitative estimate of drug-likeness (QED) is 0.199. The predicted molar refractivity (Wildman–Crippen MR) is 239 cm³/mol. The molecule has 18 heteroatoms. The highest BCUT2D eigenvalue weighted by atomic mass is 32.1. The van der Waals surface area contributed by atoms with Crippen molar-refractivity contribution in [2.75, 3.05) is 79.0 Å². The van der Waals surface area contributed by atoms with E-state index in [0.29, 0.717) is 78.1 Å². The van der Waals surface area contributed by atoms with Gasteiger partial charge in [-0.3, -0.25) is 48.7 Å². The van der Waals surface area contributed by atoms with Crippen LogP contribution in [-0.4, -0.2) is 146 Å². The smallest absolute Gasteiger partial charge is 0.262 e. The maximum atomic E-state index is 13.8. The molecule has 0 spiro atoms. The number of aryl methyl sites for hydroxylation is 1. The number of nitrogens with one attached hydrogen (secondary N) is 2. The van der Waals surface area contributed by atoms with Gasteiger partial charge in [-0.25, -0.2) is 0 Å². The number of likely N-dealkylation sites (tertiary alicyclic amines) is 1. The summed E-state index contributed by atoms with van der Waals surface area (Å²) in [7, 11) is 8.89. The number of benzene rings is 2. The number of carbonyl (C=O) groups excluding carboxylic acids is 6. The number of ether oxygens (including phenoxy) is 2. The molecule has 2 aromatic heterocycles. The van der Waals surface area contributed by atoms with Gasteiger partial charge in [0.2, 0.25) is 17.7 Å². The van der Waals surface area contributed by atoms with E-state index >= 15 is 0 Å². The number of carbonyl (C=O) groups is 6. The van der Waals surface area contributed by atoms with Gasteiger partial charge >= 0.3 is 0 Å². The Labute approximate surface area is 373 Å². The predicted octanol–water partition coefficient (Wildman–Crippen LogP) is 2.54. The number of fused-ring (bicyclic) bond motifs is 3. The fraction of sp³-hybridized carbons (Fsp3) is 0.457.